The predicted molar refractivity (Wildman–Crippen MR) is 122 cm³/mol. The zero-order valence-corrected chi connectivity index (χ0v) is 18.2. The highest BCUT2D eigenvalue weighted by atomic mass is 16.2. The summed E-state index contributed by atoms with van der Waals surface area (Å²) in [5.74, 6) is 0.284. The summed E-state index contributed by atoms with van der Waals surface area (Å²) in [6.07, 6.45) is 16.7. The van der Waals surface area contributed by atoms with Gasteiger partial charge in [0, 0.05) is 38.4 Å². The summed E-state index contributed by atoms with van der Waals surface area (Å²) in [4.78, 5) is 19.0. The number of carbonyl (C=O) groups excluding carboxylic acids is 1. The lowest BCUT2D eigenvalue weighted by Gasteiger charge is -2.23. The molecule has 29 heavy (non-hydrogen) atoms. The molecule has 4 heteroatoms. The number of hydrogen-bond acceptors (Lipinski definition) is 2. The van der Waals surface area contributed by atoms with Crippen LogP contribution in [0.15, 0.2) is 54.6 Å². The molecule has 0 aliphatic carbocycles. The minimum absolute atomic E-state index is 0.284. The molecule has 1 aromatic heterocycles. The molecule has 0 spiro atoms. The molecular formula is C25H37N3O. The van der Waals surface area contributed by atoms with E-state index < -0.39 is 0 Å². The van der Waals surface area contributed by atoms with E-state index in [-0.39, 0.29) is 5.91 Å². The van der Waals surface area contributed by atoms with Crippen molar-refractivity contribution in [2.24, 2.45) is 0 Å². The Labute approximate surface area is 176 Å². The van der Waals surface area contributed by atoms with Crippen LogP contribution in [-0.4, -0.2) is 33.4 Å². The fourth-order valence-corrected chi connectivity index (χ4v) is 3.55. The van der Waals surface area contributed by atoms with Gasteiger partial charge in [0.2, 0.25) is 5.91 Å². The van der Waals surface area contributed by atoms with Crippen molar-refractivity contribution < 1.29 is 4.79 Å². The van der Waals surface area contributed by atoms with Crippen LogP contribution < -0.4 is 0 Å². The summed E-state index contributed by atoms with van der Waals surface area (Å²) in [7, 11) is 0. The molecule has 1 heterocycles. The van der Waals surface area contributed by atoms with E-state index >= 15 is 0 Å². The van der Waals surface area contributed by atoms with Crippen LogP contribution in [0.25, 0.3) is 6.08 Å². The van der Waals surface area contributed by atoms with Gasteiger partial charge in [-0.15, -0.1) is 0 Å². The van der Waals surface area contributed by atoms with Crippen LogP contribution in [-0.2, 0) is 11.3 Å². The van der Waals surface area contributed by atoms with Gasteiger partial charge in [-0.1, -0.05) is 81.0 Å². The molecule has 2 aromatic rings. The van der Waals surface area contributed by atoms with Crippen molar-refractivity contribution in [3.8, 4) is 0 Å². The fourth-order valence-electron chi connectivity index (χ4n) is 3.55. The molecule has 0 saturated carbocycles. The third-order valence-electron chi connectivity index (χ3n) is 5.15. The van der Waals surface area contributed by atoms with Gasteiger partial charge in [0.15, 0.2) is 0 Å². The zero-order chi connectivity index (χ0) is 20.7. The molecule has 1 amide bonds. The molecule has 0 saturated heterocycles. The molecule has 0 aliphatic heterocycles. The minimum atomic E-state index is 0.284. The third-order valence-corrected chi connectivity index (χ3v) is 5.15. The van der Waals surface area contributed by atoms with E-state index in [4.69, 9.17) is 0 Å². The number of unbranched alkanes of at least 4 members (excludes halogenated alkanes) is 5. The summed E-state index contributed by atoms with van der Waals surface area (Å²) in [6.45, 7) is 6.73. The highest BCUT2D eigenvalue weighted by Gasteiger charge is 2.13. The van der Waals surface area contributed by atoms with E-state index in [1.807, 2.05) is 35.6 Å². The summed E-state index contributed by atoms with van der Waals surface area (Å²) in [6, 6.07) is 10.3. The normalized spacial score (nSPS) is 11.6. The largest absolute Gasteiger partial charge is 0.339 e. The number of amides is 1. The van der Waals surface area contributed by atoms with Gasteiger partial charge in [-0.25, -0.2) is 4.98 Å². The number of aromatic nitrogens is 2. The monoisotopic (exact) mass is 395 g/mol. The van der Waals surface area contributed by atoms with Crippen LogP contribution >= 0.6 is 0 Å². The first kappa shape index (κ1) is 22.9. The maximum Gasteiger partial charge on any atom is 0.222 e. The van der Waals surface area contributed by atoms with Crippen LogP contribution in [0, 0.1) is 0 Å². The molecule has 0 bridgehead atoms. The molecule has 0 aliphatic rings. The molecule has 4 nitrogen and oxygen atoms in total. The lowest BCUT2D eigenvalue weighted by atomic mass is 10.1. The first-order chi connectivity index (χ1) is 14.2. The van der Waals surface area contributed by atoms with Crippen LogP contribution in [0.4, 0.5) is 0 Å². The van der Waals surface area contributed by atoms with Crippen LogP contribution in [0.5, 0.6) is 0 Å². The second-order valence-corrected chi connectivity index (χ2v) is 7.89. The summed E-state index contributed by atoms with van der Waals surface area (Å²) in [5.41, 5.74) is 2.40. The number of hydrogen-bond donors (Lipinski definition) is 0. The van der Waals surface area contributed by atoms with Crippen molar-refractivity contribution in [3.05, 3.63) is 60.2 Å². The van der Waals surface area contributed by atoms with Gasteiger partial charge in [-0.2, -0.15) is 0 Å². The molecule has 0 atom stereocenters. The van der Waals surface area contributed by atoms with Gasteiger partial charge in [-0.05, 0) is 25.3 Å². The summed E-state index contributed by atoms with van der Waals surface area (Å²) >= 11 is 0. The van der Waals surface area contributed by atoms with E-state index in [2.05, 4.69) is 41.6 Å². The van der Waals surface area contributed by atoms with Crippen molar-refractivity contribution in [1.82, 2.24) is 14.5 Å². The highest BCUT2D eigenvalue weighted by molar-refractivity contribution is 5.76. The number of nitrogens with zero attached hydrogens (tertiary/aromatic N) is 3. The van der Waals surface area contributed by atoms with Gasteiger partial charge in [0.05, 0.1) is 6.33 Å². The predicted octanol–water partition coefficient (Wildman–Crippen LogP) is 5.96. The van der Waals surface area contributed by atoms with Gasteiger partial charge in [0.1, 0.15) is 0 Å². The zero-order valence-electron chi connectivity index (χ0n) is 18.2. The van der Waals surface area contributed by atoms with E-state index in [0.717, 1.165) is 32.4 Å². The molecule has 0 N–H and O–H groups in total. The lowest BCUT2D eigenvalue weighted by Crippen LogP contribution is -2.33. The third kappa shape index (κ3) is 9.60. The molecule has 1 aromatic carbocycles. The van der Waals surface area contributed by atoms with Crippen molar-refractivity contribution in [2.75, 3.05) is 13.1 Å². The van der Waals surface area contributed by atoms with Gasteiger partial charge >= 0.3 is 0 Å². The Morgan fingerprint density at radius 2 is 1.83 bits per heavy atom. The first-order valence-electron chi connectivity index (χ1n) is 11.1. The number of aryl methyl sites for hydroxylation is 1. The number of rotatable bonds is 14. The van der Waals surface area contributed by atoms with Crippen molar-refractivity contribution >= 4 is 12.0 Å². The maximum absolute atomic E-state index is 12.9. The quantitative estimate of drug-likeness (QED) is 0.370. The molecule has 2 rings (SSSR count). The van der Waals surface area contributed by atoms with Gasteiger partial charge < -0.3 is 9.47 Å². The van der Waals surface area contributed by atoms with Crippen molar-refractivity contribution in [1.29, 1.82) is 0 Å². The number of carbonyl (C=O) groups is 1. The Balaban J connectivity index is 1.87. The van der Waals surface area contributed by atoms with Crippen LogP contribution in [0.3, 0.4) is 0 Å². The number of benzene rings is 1. The van der Waals surface area contributed by atoms with E-state index in [0.29, 0.717) is 13.0 Å². The molecule has 158 valence electrons. The molecule has 0 radical (unpaired) electrons. The number of imidazole rings is 1. The van der Waals surface area contributed by atoms with E-state index in [9.17, 15) is 4.79 Å². The lowest BCUT2D eigenvalue weighted by molar-refractivity contribution is -0.131. The Hall–Kier alpha value is -2.36. The van der Waals surface area contributed by atoms with Crippen LogP contribution in [0.2, 0.25) is 0 Å². The molecular weight excluding hydrogens is 358 g/mol. The van der Waals surface area contributed by atoms with E-state index in [1.165, 1.54) is 36.8 Å². The topological polar surface area (TPSA) is 38.1 Å². The Morgan fingerprint density at radius 3 is 2.55 bits per heavy atom. The Morgan fingerprint density at radius 1 is 1.07 bits per heavy atom. The molecule has 0 unspecified atom stereocenters. The molecule has 0 fully saturated rings. The Bertz CT molecular complexity index is 707. The Kier molecular flexibility index (Phi) is 10.9. The first-order valence-corrected chi connectivity index (χ1v) is 11.1. The SMILES string of the molecule is CCCCCCCCC(=O)N(CCCn1ccnc1)C/C(C)=C/c1ccccc1. The summed E-state index contributed by atoms with van der Waals surface area (Å²) < 4.78 is 2.07. The second kappa shape index (κ2) is 13.8. The van der Waals surface area contributed by atoms with Crippen molar-refractivity contribution in [3.63, 3.8) is 0 Å². The average Bonchev–Trinajstić information content (AvgIpc) is 3.24. The van der Waals surface area contributed by atoms with Crippen LogP contribution in [0.1, 0.15) is 70.8 Å². The average molecular weight is 396 g/mol. The second-order valence-electron chi connectivity index (χ2n) is 7.89. The van der Waals surface area contributed by atoms with E-state index in [1.54, 1.807) is 6.20 Å². The smallest absolute Gasteiger partial charge is 0.222 e. The maximum atomic E-state index is 12.9. The standard InChI is InChI=1S/C25H37N3O/c1-3-4-5-6-7-11-15-25(29)28(18-12-17-27-19-16-26-22-27)21-23(2)20-24-13-9-8-10-14-24/h8-10,13-14,16,19-20,22H,3-7,11-12,15,17-18,21H2,1-2H3/b23-20+. The van der Waals surface area contributed by atoms with Gasteiger partial charge in [0.25, 0.3) is 0 Å². The van der Waals surface area contributed by atoms with Crippen molar-refractivity contribution in [2.45, 2.75) is 71.8 Å². The summed E-state index contributed by atoms with van der Waals surface area (Å²) in [5, 5.41) is 0. The minimum Gasteiger partial charge on any atom is -0.339 e. The van der Waals surface area contributed by atoms with Gasteiger partial charge in [-0.3, -0.25) is 4.79 Å². The fraction of sp³-hybridized carbons (Fsp3) is 0.520. The highest BCUT2D eigenvalue weighted by Crippen LogP contribution is 2.12.